The van der Waals surface area contributed by atoms with Crippen molar-refractivity contribution in [2.24, 2.45) is 22.7 Å². The SMILES string of the molecule is Cc1cc(OCCc2cc(Cl)ccc2-n2cncn2)cc(/C(=N/N)N(N)CC2CC2)c1. The summed E-state index contributed by atoms with van der Waals surface area (Å²) >= 11 is 6.21. The third-order valence-corrected chi connectivity index (χ3v) is 5.44. The van der Waals surface area contributed by atoms with E-state index >= 15 is 0 Å². The van der Waals surface area contributed by atoms with Crippen LogP contribution in [0.2, 0.25) is 5.02 Å². The normalized spacial score (nSPS) is 14.0. The minimum atomic E-state index is 0.467. The second-order valence-electron chi connectivity index (χ2n) is 7.79. The van der Waals surface area contributed by atoms with Crippen molar-refractivity contribution in [3.05, 3.63) is 70.8 Å². The smallest absolute Gasteiger partial charge is 0.169 e. The maximum atomic E-state index is 6.21. The van der Waals surface area contributed by atoms with Crippen LogP contribution in [0.15, 0.2) is 54.2 Å². The molecule has 162 valence electrons. The number of hydrogen-bond acceptors (Lipinski definition) is 6. The van der Waals surface area contributed by atoms with Crippen molar-refractivity contribution in [2.75, 3.05) is 13.2 Å². The Kier molecular flexibility index (Phi) is 6.39. The summed E-state index contributed by atoms with van der Waals surface area (Å²) in [6.45, 7) is 3.22. The van der Waals surface area contributed by atoms with Crippen LogP contribution in [0.1, 0.15) is 29.5 Å². The number of aryl methyl sites for hydroxylation is 1. The number of ether oxygens (including phenoxy) is 1. The third kappa shape index (κ3) is 5.34. The van der Waals surface area contributed by atoms with Crippen LogP contribution in [-0.2, 0) is 6.42 Å². The molecular weight excluding hydrogens is 414 g/mol. The van der Waals surface area contributed by atoms with E-state index in [9.17, 15) is 0 Å². The fourth-order valence-corrected chi connectivity index (χ4v) is 3.72. The Labute approximate surface area is 186 Å². The Morgan fingerprint density at radius 1 is 1.29 bits per heavy atom. The molecule has 0 aliphatic heterocycles. The first-order valence-electron chi connectivity index (χ1n) is 10.2. The van der Waals surface area contributed by atoms with Crippen molar-refractivity contribution in [1.29, 1.82) is 0 Å². The molecule has 31 heavy (non-hydrogen) atoms. The molecule has 0 atom stereocenters. The van der Waals surface area contributed by atoms with Gasteiger partial charge in [0.15, 0.2) is 5.84 Å². The number of benzene rings is 2. The van der Waals surface area contributed by atoms with Gasteiger partial charge in [0.25, 0.3) is 0 Å². The Morgan fingerprint density at radius 2 is 2.13 bits per heavy atom. The molecule has 4 rings (SSSR count). The van der Waals surface area contributed by atoms with Gasteiger partial charge in [0, 0.05) is 23.6 Å². The van der Waals surface area contributed by atoms with Crippen molar-refractivity contribution in [3.8, 4) is 11.4 Å². The van der Waals surface area contributed by atoms with Gasteiger partial charge in [-0.25, -0.2) is 15.5 Å². The van der Waals surface area contributed by atoms with E-state index in [-0.39, 0.29) is 0 Å². The van der Waals surface area contributed by atoms with Gasteiger partial charge in [-0.1, -0.05) is 11.6 Å². The number of halogens is 1. The van der Waals surface area contributed by atoms with Crippen LogP contribution in [-0.4, -0.2) is 38.8 Å². The van der Waals surface area contributed by atoms with Gasteiger partial charge in [0.05, 0.1) is 12.3 Å². The lowest BCUT2D eigenvalue weighted by molar-refractivity contribution is 0.321. The van der Waals surface area contributed by atoms with Crippen molar-refractivity contribution < 1.29 is 4.74 Å². The minimum absolute atomic E-state index is 0.467. The molecule has 1 aromatic heterocycles. The van der Waals surface area contributed by atoms with Gasteiger partial charge in [0.2, 0.25) is 0 Å². The van der Waals surface area contributed by atoms with Crippen LogP contribution < -0.4 is 16.4 Å². The van der Waals surface area contributed by atoms with Gasteiger partial charge in [-0.05, 0) is 73.2 Å². The third-order valence-electron chi connectivity index (χ3n) is 5.20. The highest BCUT2D eigenvalue weighted by Gasteiger charge is 2.25. The molecule has 9 heteroatoms. The van der Waals surface area contributed by atoms with Gasteiger partial charge in [0.1, 0.15) is 18.4 Å². The summed E-state index contributed by atoms with van der Waals surface area (Å²) in [5, 5.41) is 10.4. The molecule has 1 fully saturated rings. The van der Waals surface area contributed by atoms with Gasteiger partial charge in [-0.2, -0.15) is 10.2 Å². The van der Waals surface area contributed by atoms with E-state index < -0.39 is 0 Å². The second kappa shape index (κ2) is 9.36. The maximum absolute atomic E-state index is 6.21. The molecule has 1 aliphatic rings. The zero-order valence-corrected chi connectivity index (χ0v) is 18.2. The van der Waals surface area contributed by atoms with Gasteiger partial charge >= 0.3 is 0 Å². The molecular formula is C22H26ClN7O. The first kappa shape index (κ1) is 21.1. The Morgan fingerprint density at radius 3 is 2.84 bits per heavy atom. The molecule has 0 saturated heterocycles. The number of rotatable bonds is 8. The highest BCUT2D eigenvalue weighted by Crippen LogP contribution is 2.29. The summed E-state index contributed by atoms with van der Waals surface area (Å²) in [5.41, 5.74) is 3.82. The van der Waals surface area contributed by atoms with Gasteiger partial charge < -0.3 is 10.6 Å². The molecule has 1 aliphatic carbocycles. The van der Waals surface area contributed by atoms with Crippen LogP contribution in [0.4, 0.5) is 0 Å². The number of nitrogens with two attached hydrogens (primary N) is 2. The lowest BCUT2D eigenvalue weighted by atomic mass is 10.1. The van der Waals surface area contributed by atoms with E-state index in [1.807, 2.05) is 43.3 Å². The fourth-order valence-electron chi connectivity index (χ4n) is 3.53. The summed E-state index contributed by atoms with van der Waals surface area (Å²) in [6.07, 6.45) is 6.22. The molecule has 2 aromatic carbocycles. The number of hydrazine groups is 1. The number of hydrogen-bond donors (Lipinski definition) is 2. The summed E-state index contributed by atoms with van der Waals surface area (Å²) in [6, 6.07) is 11.6. The average molecular weight is 440 g/mol. The monoisotopic (exact) mass is 439 g/mol. The van der Waals surface area contributed by atoms with E-state index in [0.29, 0.717) is 29.8 Å². The van der Waals surface area contributed by atoms with Crippen LogP contribution in [0.5, 0.6) is 5.75 Å². The minimum Gasteiger partial charge on any atom is -0.493 e. The maximum Gasteiger partial charge on any atom is 0.169 e. The molecule has 0 amide bonds. The molecule has 0 spiro atoms. The molecule has 0 radical (unpaired) electrons. The molecule has 4 N–H and O–H groups in total. The zero-order valence-electron chi connectivity index (χ0n) is 17.4. The van der Waals surface area contributed by atoms with Crippen molar-refractivity contribution in [2.45, 2.75) is 26.2 Å². The van der Waals surface area contributed by atoms with Crippen molar-refractivity contribution >= 4 is 17.4 Å². The number of aromatic nitrogens is 3. The first-order valence-corrected chi connectivity index (χ1v) is 10.6. The highest BCUT2D eigenvalue weighted by atomic mass is 35.5. The lowest BCUT2D eigenvalue weighted by Gasteiger charge is -2.21. The molecule has 1 saturated carbocycles. The zero-order chi connectivity index (χ0) is 21.8. The Hall–Kier alpha value is -3.10. The van der Waals surface area contributed by atoms with Gasteiger partial charge in [-0.3, -0.25) is 5.01 Å². The molecule has 0 bridgehead atoms. The lowest BCUT2D eigenvalue weighted by Crippen LogP contribution is -2.40. The number of amidine groups is 1. The molecule has 0 unspecified atom stereocenters. The van der Waals surface area contributed by atoms with Crippen molar-refractivity contribution in [3.63, 3.8) is 0 Å². The van der Waals surface area contributed by atoms with Crippen LogP contribution in [0.25, 0.3) is 5.69 Å². The van der Waals surface area contributed by atoms with Crippen LogP contribution in [0.3, 0.4) is 0 Å². The second-order valence-corrected chi connectivity index (χ2v) is 8.23. The van der Waals surface area contributed by atoms with E-state index in [1.165, 1.54) is 19.2 Å². The number of hydrazone groups is 1. The van der Waals surface area contributed by atoms with Gasteiger partial charge in [-0.15, -0.1) is 0 Å². The summed E-state index contributed by atoms with van der Waals surface area (Å²) in [4.78, 5) is 4.02. The summed E-state index contributed by atoms with van der Waals surface area (Å²) < 4.78 is 7.79. The van der Waals surface area contributed by atoms with Crippen LogP contribution in [0, 0.1) is 12.8 Å². The van der Waals surface area contributed by atoms with Crippen LogP contribution >= 0.6 is 11.6 Å². The van der Waals surface area contributed by atoms with E-state index in [2.05, 4.69) is 15.2 Å². The fraction of sp³-hybridized carbons (Fsp3) is 0.318. The topological polar surface area (TPSA) is 108 Å². The average Bonchev–Trinajstić information content (AvgIpc) is 3.37. The molecule has 8 nitrogen and oxygen atoms in total. The molecule has 3 aromatic rings. The first-order chi connectivity index (χ1) is 15.0. The van der Waals surface area contributed by atoms with Crippen molar-refractivity contribution in [1.82, 2.24) is 19.8 Å². The van der Waals surface area contributed by atoms with E-state index in [4.69, 9.17) is 28.0 Å². The van der Waals surface area contributed by atoms with E-state index in [1.54, 1.807) is 16.0 Å². The Balaban J connectivity index is 1.46. The Bertz CT molecular complexity index is 1060. The highest BCUT2D eigenvalue weighted by molar-refractivity contribution is 6.30. The summed E-state index contributed by atoms with van der Waals surface area (Å²) in [7, 11) is 0. The standard InChI is InChI=1S/C22H26ClN7O/c1-15-8-18(22(28-24)29(25)12-16-2-3-16)11-20(9-15)31-7-6-17-10-19(23)4-5-21(17)30-14-26-13-27-30/h4-5,8-11,13-14,16H,2-3,6-7,12,24-25H2,1H3/b28-22-. The summed E-state index contributed by atoms with van der Waals surface area (Å²) in [5.74, 6) is 13.8. The van der Waals surface area contributed by atoms with E-state index in [0.717, 1.165) is 34.7 Å². The molecule has 1 heterocycles. The predicted molar refractivity (Wildman–Crippen MR) is 121 cm³/mol. The quantitative estimate of drug-likeness (QED) is 0.242. The largest absolute Gasteiger partial charge is 0.493 e. The predicted octanol–water partition coefficient (Wildman–Crippen LogP) is 3.06. The number of nitrogens with zero attached hydrogens (tertiary/aromatic N) is 5.